The molecule has 2 aromatic carbocycles. The maximum Gasteiger partial charge on any atom is 0.243 e. The fourth-order valence-corrected chi connectivity index (χ4v) is 4.33. The lowest BCUT2D eigenvalue weighted by Gasteiger charge is -2.33. The van der Waals surface area contributed by atoms with Crippen LogP contribution in [0.2, 0.25) is 0 Å². The predicted octanol–water partition coefficient (Wildman–Crippen LogP) is 2.19. The molecule has 1 N–H and O–H groups in total. The number of rotatable bonds is 5. The minimum atomic E-state index is -3.99. The molecule has 1 amide bonds. The molecule has 0 aliphatic carbocycles. The summed E-state index contributed by atoms with van der Waals surface area (Å²) in [5, 5.41) is 2.44. The second-order valence-electron chi connectivity index (χ2n) is 6.43. The number of amides is 1. The van der Waals surface area contributed by atoms with Gasteiger partial charge in [0.15, 0.2) is 23.3 Å². The Morgan fingerprint density at radius 2 is 1.45 bits per heavy atom. The smallest absolute Gasteiger partial charge is 0.243 e. The molecule has 2 aromatic rings. The van der Waals surface area contributed by atoms with E-state index in [1.807, 2.05) is 0 Å². The van der Waals surface area contributed by atoms with Gasteiger partial charge in [-0.15, -0.1) is 0 Å². The van der Waals surface area contributed by atoms with Crippen LogP contribution in [0.15, 0.2) is 41.3 Å². The van der Waals surface area contributed by atoms with Crippen LogP contribution in [0.3, 0.4) is 0 Å². The van der Waals surface area contributed by atoms with E-state index in [4.69, 9.17) is 0 Å². The van der Waals surface area contributed by atoms with Crippen molar-refractivity contribution in [3.8, 4) is 0 Å². The van der Waals surface area contributed by atoms with Gasteiger partial charge in [-0.05, 0) is 30.3 Å². The van der Waals surface area contributed by atoms with Crippen LogP contribution in [0.25, 0.3) is 0 Å². The Morgan fingerprint density at radius 3 is 2.03 bits per heavy atom. The molecule has 0 aromatic heterocycles. The van der Waals surface area contributed by atoms with Crippen molar-refractivity contribution in [2.24, 2.45) is 0 Å². The maximum absolute atomic E-state index is 13.4. The van der Waals surface area contributed by atoms with E-state index in [2.05, 4.69) is 5.32 Å². The highest BCUT2D eigenvalue weighted by Gasteiger charge is 2.29. The number of sulfonamides is 1. The first-order chi connectivity index (χ1) is 13.7. The molecule has 1 heterocycles. The highest BCUT2D eigenvalue weighted by molar-refractivity contribution is 7.89. The van der Waals surface area contributed by atoms with Crippen LogP contribution < -0.4 is 5.32 Å². The van der Waals surface area contributed by atoms with Gasteiger partial charge in [-0.25, -0.2) is 26.0 Å². The van der Waals surface area contributed by atoms with E-state index in [0.29, 0.717) is 6.07 Å². The van der Waals surface area contributed by atoms with Gasteiger partial charge in [0.25, 0.3) is 0 Å². The molecule has 0 unspecified atom stereocenters. The van der Waals surface area contributed by atoms with Crippen molar-refractivity contribution in [3.63, 3.8) is 0 Å². The highest BCUT2D eigenvalue weighted by Crippen LogP contribution is 2.20. The summed E-state index contributed by atoms with van der Waals surface area (Å²) >= 11 is 0. The number of halogens is 4. The summed E-state index contributed by atoms with van der Waals surface area (Å²) in [6.45, 7) is 0.500. The van der Waals surface area contributed by atoms with Crippen LogP contribution in [0.4, 0.5) is 23.2 Å². The standard InChI is InChI=1S/C18H17F4N3O3S/c19-14-3-1-12(9-16(14)21)23-18(26)11-24-5-7-25(8-6-24)29(27,28)13-2-4-15(20)17(22)10-13/h1-4,9-10H,5-8,11H2,(H,23,26). The van der Waals surface area contributed by atoms with Crippen molar-refractivity contribution < 1.29 is 30.8 Å². The Balaban J connectivity index is 1.56. The topological polar surface area (TPSA) is 69.7 Å². The van der Waals surface area contributed by atoms with Crippen LogP contribution >= 0.6 is 0 Å². The highest BCUT2D eigenvalue weighted by atomic mass is 32.2. The number of carbonyl (C=O) groups is 1. The molecule has 0 saturated carbocycles. The van der Waals surface area contributed by atoms with Crippen molar-refractivity contribution in [1.82, 2.24) is 9.21 Å². The summed E-state index contributed by atoms with van der Waals surface area (Å²) in [5.74, 6) is -4.97. The van der Waals surface area contributed by atoms with Gasteiger partial charge < -0.3 is 5.32 Å². The molecule has 6 nitrogen and oxygen atoms in total. The summed E-state index contributed by atoms with van der Waals surface area (Å²) in [5.41, 5.74) is 0.105. The van der Waals surface area contributed by atoms with E-state index < -0.39 is 39.2 Å². The zero-order chi connectivity index (χ0) is 21.2. The normalized spacial score (nSPS) is 16.0. The average molecular weight is 431 g/mol. The van der Waals surface area contributed by atoms with Gasteiger partial charge in [0, 0.05) is 37.9 Å². The monoisotopic (exact) mass is 431 g/mol. The Morgan fingerprint density at radius 1 is 0.862 bits per heavy atom. The molecular formula is C18H17F4N3O3S. The van der Waals surface area contributed by atoms with Gasteiger partial charge >= 0.3 is 0 Å². The van der Waals surface area contributed by atoms with E-state index >= 15 is 0 Å². The van der Waals surface area contributed by atoms with Gasteiger partial charge in [-0.2, -0.15) is 4.31 Å². The third kappa shape index (κ3) is 4.92. The lowest BCUT2D eigenvalue weighted by Crippen LogP contribution is -2.50. The number of nitrogens with one attached hydrogen (secondary N) is 1. The zero-order valence-electron chi connectivity index (χ0n) is 15.0. The molecule has 11 heteroatoms. The third-order valence-corrected chi connectivity index (χ3v) is 6.33. The number of hydrogen-bond donors (Lipinski definition) is 1. The van der Waals surface area contributed by atoms with Crippen molar-refractivity contribution in [2.75, 3.05) is 38.0 Å². The molecule has 3 rings (SSSR count). The number of nitrogens with zero attached hydrogens (tertiary/aromatic N) is 2. The molecule has 1 aliphatic rings. The first-order valence-corrected chi connectivity index (χ1v) is 10.0. The van der Waals surface area contributed by atoms with Gasteiger partial charge in [-0.3, -0.25) is 9.69 Å². The van der Waals surface area contributed by atoms with E-state index in [0.717, 1.165) is 28.6 Å². The van der Waals surface area contributed by atoms with Crippen molar-refractivity contribution in [3.05, 3.63) is 59.7 Å². The molecule has 0 bridgehead atoms. The number of piperazine rings is 1. The number of hydrogen-bond acceptors (Lipinski definition) is 4. The maximum atomic E-state index is 13.4. The summed E-state index contributed by atoms with van der Waals surface area (Å²) in [7, 11) is -3.99. The Hall–Kier alpha value is -2.50. The van der Waals surface area contributed by atoms with Crippen LogP contribution in [0, 0.1) is 23.3 Å². The van der Waals surface area contributed by atoms with Gasteiger partial charge in [-0.1, -0.05) is 0 Å². The van der Waals surface area contributed by atoms with Crippen LogP contribution in [0.5, 0.6) is 0 Å². The quantitative estimate of drug-likeness (QED) is 0.737. The molecule has 1 saturated heterocycles. The third-order valence-electron chi connectivity index (χ3n) is 4.43. The number of benzene rings is 2. The van der Waals surface area contributed by atoms with E-state index in [1.165, 1.54) is 6.07 Å². The molecule has 0 atom stereocenters. The minimum absolute atomic E-state index is 0.0553. The van der Waals surface area contributed by atoms with Crippen LogP contribution in [-0.4, -0.2) is 56.3 Å². The van der Waals surface area contributed by atoms with E-state index in [9.17, 15) is 30.8 Å². The molecule has 0 radical (unpaired) electrons. The minimum Gasteiger partial charge on any atom is -0.325 e. The molecule has 0 spiro atoms. The predicted molar refractivity (Wildman–Crippen MR) is 96.5 cm³/mol. The molecule has 29 heavy (non-hydrogen) atoms. The lowest BCUT2D eigenvalue weighted by atomic mass is 10.3. The second-order valence-corrected chi connectivity index (χ2v) is 8.37. The van der Waals surface area contributed by atoms with E-state index in [-0.39, 0.29) is 43.3 Å². The zero-order valence-corrected chi connectivity index (χ0v) is 15.9. The molecular weight excluding hydrogens is 414 g/mol. The first kappa shape index (κ1) is 21.2. The largest absolute Gasteiger partial charge is 0.325 e. The Labute approximate surface area is 164 Å². The Bertz CT molecular complexity index is 1030. The molecule has 156 valence electrons. The second kappa shape index (κ2) is 8.47. The fraction of sp³-hybridized carbons (Fsp3) is 0.278. The number of carbonyl (C=O) groups excluding carboxylic acids is 1. The van der Waals surface area contributed by atoms with Crippen molar-refractivity contribution in [2.45, 2.75) is 4.90 Å². The molecule has 1 aliphatic heterocycles. The van der Waals surface area contributed by atoms with Gasteiger partial charge in [0.05, 0.1) is 11.4 Å². The first-order valence-electron chi connectivity index (χ1n) is 8.59. The lowest BCUT2D eigenvalue weighted by molar-refractivity contribution is -0.117. The molecule has 1 fully saturated rings. The van der Waals surface area contributed by atoms with Crippen LogP contribution in [0.1, 0.15) is 0 Å². The average Bonchev–Trinajstić information content (AvgIpc) is 2.67. The SMILES string of the molecule is O=C(CN1CCN(S(=O)(=O)c2ccc(F)c(F)c2)CC1)Nc1ccc(F)c(F)c1. The van der Waals surface area contributed by atoms with E-state index in [1.54, 1.807) is 4.90 Å². The number of anilines is 1. The summed E-state index contributed by atoms with van der Waals surface area (Å²) < 4.78 is 78.7. The van der Waals surface area contributed by atoms with Gasteiger partial charge in [0.1, 0.15) is 0 Å². The Kier molecular flexibility index (Phi) is 6.20. The summed E-state index contributed by atoms with van der Waals surface area (Å²) in [6.07, 6.45) is 0. The van der Waals surface area contributed by atoms with Crippen LogP contribution in [-0.2, 0) is 14.8 Å². The fourth-order valence-electron chi connectivity index (χ4n) is 2.89. The van der Waals surface area contributed by atoms with Crippen molar-refractivity contribution >= 4 is 21.6 Å². The summed E-state index contributed by atoms with van der Waals surface area (Å²) in [6, 6.07) is 5.36. The van der Waals surface area contributed by atoms with Gasteiger partial charge in [0.2, 0.25) is 15.9 Å². The van der Waals surface area contributed by atoms with Crippen molar-refractivity contribution in [1.29, 1.82) is 0 Å². The summed E-state index contributed by atoms with van der Waals surface area (Å²) in [4.78, 5) is 13.4.